The number of halogens is 3. The van der Waals surface area contributed by atoms with Crippen LogP contribution in [-0.2, 0) is 9.53 Å². The van der Waals surface area contributed by atoms with E-state index in [2.05, 4.69) is 4.74 Å². The summed E-state index contributed by atoms with van der Waals surface area (Å²) in [5.41, 5.74) is -0.458. The quantitative estimate of drug-likeness (QED) is 0.439. The molecular weight excluding hydrogens is 161 g/mol. The number of esters is 1. The summed E-state index contributed by atoms with van der Waals surface area (Å²) in [5.74, 6) is -0.970. The monoisotopic (exact) mass is 168 g/mol. The lowest BCUT2D eigenvalue weighted by atomic mass is 10.3. The number of allylic oxidation sites excluding steroid dienone is 1. The lowest BCUT2D eigenvalue weighted by molar-refractivity contribution is -0.136. The number of carbonyl (C=O) groups is 1. The van der Waals surface area contributed by atoms with E-state index >= 15 is 0 Å². The highest BCUT2D eigenvalue weighted by Gasteiger charge is 2.25. The Bertz CT molecular complexity index is 181. The van der Waals surface area contributed by atoms with Crippen LogP contribution in [0.1, 0.15) is 6.92 Å². The van der Waals surface area contributed by atoms with Crippen molar-refractivity contribution >= 4 is 5.97 Å². The van der Waals surface area contributed by atoms with Gasteiger partial charge in [0.25, 0.3) is 0 Å². The van der Waals surface area contributed by atoms with Gasteiger partial charge < -0.3 is 4.74 Å². The molecule has 64 valence electrons. The normalized spacial score (nSPS) is 13.0. The molecule has 0 aliphatic carbocycles. The molecule has 0 aromatic carbocycles. The van der Waals surface area contributed by atoms with E-state index in [0.29, 0.717) is 0 Å². The average Bonchev–Trinajstić information content (AvgIpc) is 1.82. The van der Waals surface area contributed by atoms with E-state index in [1.807, 2.05) is 0 Å². The Kier molecular flexibility index (Phi) is 3.10. The first-order valence-corrected chi connectivity index (χ1v) is 2.71. The van der Waals surface area contributed by atoms with Crippen molar-refractivity contribution in [1.82, 2.24) is 0 Å². The minimum Gasteiger partial charge on any atom is -0.466 e. The number of ether oxygens (including phenoxy) is 1. The molecule has 0 radical (unpaired) electrons. The van der Waals surface area contributed by atoms with Gasteiger partial charge in [-0.25, -0.2) is 4.79 Å². The Labute approximate surface area is 61.6 Å². The zero-order chi connectivity index (χ0) is 9.07. The first kappa shape index (κ1) is 10.0. The Morgan fingerprint density at radius 1 is 1.45 bits per heavy atom. The van der Waals surface area contributed by atoms with Gasteiger partial charge >= 0.3 is 12.1 Å². The fourth-order valence-corrected chi connectivity index (χ4v) is 0.465. The third-order valence-corrected chi connectivity index (χ3v) is 0.888. The molecule has 0 bridgehead atoms. The minimum absolute atomic E-state index is 0.0984. The van der Waals surface area contributed by atoms with Crippen LogP contribution in [0.25, 0.3) is 0 Å². The van der Waals surface area contributed by atoms with Crippen LogP contribution in [0.2, 0.25) is 0 Å². The summed E-state index contributed by atoms with van der Waals surface area (Å²) in [6.45, 7) is 1.04. The molecule has 0 aromatic heterocycles. The van der Waals surface area contributed by atoms with Crippen LogP contribution in [-0.4, -0.2) is 19.3 Å². The summed E-state index contributed by atoms with van der Waals surface area (Å²) >= 11 is 0. The molecule has 0 aliphatic heterocycles. The summed E-state index contributed by atoms with van der Waals surface area (Å²) < 4.78 is 38.6. The SMILES string of the molecule is COC(=O)C(C)=CC(F)(F)F. The fourth-order valence-electron chi connectivity index (χ4n) is 0.465. The van der Waals surface area contributed by atoms with Crippen molar-refractivity contribution < 1.29 is 22.7 Å². The molecule has 0 aliphatic rings. The maximum Gasteiger partial charge on any atom is 0.410 e. The van der Waals surface area contributed by atoms with E-state index in [9.17, 15) is 18.0 Å². The largest absolute Gasteiger partial charge is 0.466 e. The summed E-state index contributed by atoms with van der Waals surface area (Å²) in [4.78, 5) is 10.4. The number of hydrogen-bond donors (Lipinski definition) is 0. The molecule has 0 unspecified atom stereocenters. The first-order chi connectivity index (χ1) is 4.87. The zero-order valence-corrected chi connectivity index (χ0v) is 6.03. The van der Waals surface area contributed by atoms with Crippen molar-refractivity contribution in [2.45, 2.75) is 13.1 Å². The number of alkyl halides is 3. The Morgan fingerprint density at radius 3 is 2.18 bits per heavy atom. The van der Waals surface area contributed by atoms with Gasteiger partial charge in [0.05, 0.1) is 7.11 Å². The molecule has 0 saturated heterocycles. The minimum atomic E-state index is -4.46. The van der Waals surface area contributed by atoms with Gasteiger partial charge in [-0.3, -0.25) is 0 Å². The summed E-state index contributed by atoms with van der Waals surface area (Å²) in [6, 6.07) is 0. The molecule has 0 saturated carbocycles. The Hall–Kier alpha value is -1.00. The highest BCUT2D eigenvalue weighted by atomic mass is 19.4. The van der Waals surface area contributed by atoms with Crippen molar-refractivity contribution in [2.75, 3.05) is 7.11 Å². The van der Waals surface area contributed by atoms with Crippen molar-refractivity contribution in [3.05, 3.63) is 11.6 Å². The molecule has 0 aromatic rings. The predicted octanol–water partition coefficient (Wildman–Crippen LogP) is 1.67. The maximum atomic E-state index is 11.5. The van der Waals surface area contributed by atoms with Crippen LogP contribution in [0, 0.1) is 0 Å². The molecular formula is C6H7F3O2. The van der Waals surface area contributed by atoms with E-state index in [1.165, 1.54) is 0 Å². The van der Waals surface area contributed by atoms with Gasteiger partial charge in [-0.1, -0.05) is 0 Å². The standard InChI is InChI=1S/C6H7F3O2/c1-4(5(10)11-2)3-6(7,8)9/h3H,1-2H3. The van der Waals surface area contributed by atoms with Gasteiger partial charge in [0.2, 0.25) is 0 Å². The van der Waals surface area contributed by atoms with E-state index in [0.717, 1.165) is 14.0 Å². The second-order valence-electron chi connectivity index (χ2n) is 1.86. The molecule has 0 amide bonds. The predicted molar refractivity (Wildman–Crippen MR) is 31.8 cm³/mol. The van der Waals surface area contributed by atoms with Crippen LogP contribution in [0.15, 0.2) is 11.6 Å². The van der Waals surface area contributed by atoms with Crippen molar-refractivity contribution in [2.24, 2.45) is 0 Å². The van der Waals surface area contributed by atoms with E-state index < -0.39 is 17.7 Å². The second kappa shape index (κ2) is 3.41. The third-order valence-electron chi connectivity index (χ3n) is 0.888. The van der Waals surface area contributed by atoms with Crippen LogP contribution < -0.4 is 0 Å². The second-order valence-corrected chi connectivity index (χ2v) is 1.86. The lowest BCUT2D eigenvalue weighted by Gasteiger charge is -2.01. The molecule has 2 nitrogen and oxygen atoms in total. The van der Waals surface area contributed by atoms with Gasteiger partial charge in [-0.05, 0) is 6.92 Å². The van der Waals surface area contributed by atoms with Crippen molar-refractivity contribution in [3.8, 4) is 0 Å². The lowest BCUT2D eigenvalue weighted by Crippen LogP contribution is -2.08. The molecule has 0 rings (SSSR count). The van der Waals surface area contributed by atoms with E-state index in [1.54, 1.807) is 0 Å². The molecule has 0 spiro atoms. The van der Waals surface area contributed by atoms with Crippen LogP contribution in [0.5, 0.6) is 0 Å². The van der Waals surface area contributed by atoms with Crippen LogP contribution in [0.4, 0.5) is 13.2 Å². The van der Waals surface area contributed by atoms with Crippen molar-refractivity contribution in [1.29, 1.82) is 0 Å². The van der Waals surface area contributed by atoms with Crippen molar-refractivity contribution in [3.63, 3.8) is 0 Å². The molecule has 11 heavy (non-hydrogen) atoms. The summed E-state index contributed by atoms with van der Waals surface area (Å²) in [6.07, 6.45) is -4.56. The number of methoxy groups -OCH3 is 1. The summed E-state index contributed by atoms with van der Waals surface area (Å²) in [5, 5.41) is 0. The van der Waals surface area contributed by atoms with Crippen LogP contribution >= 0.6 is 0 Å². The summed E-state index contributed by atoms with van der Waals surface area (Å²) in [7, 11) is 1.02. The smallest absolute Gasteiger partial charge is 0.410 e. The topological polar surface area (TPSA) is 26.3 Å². The van der Waals surface area contributed by atoms with Gasteiger partial charge in [0.15, 0.2) is 0 Å². The molecule has 0 fully saturated rings. The average molecular weight is 168 g/mol. The molecule has 0 N–H and O–H groups in total. The van der Waals surface area contributed by atoms with Gasteiger partial charge in [0.1, 0.15) is 0 Å². The zero-order valence-electron chi connectivity index (χ0n) is 6.03. The Balaban J connectivity index is 4.34. The number of hydrogen-bond acceptors (Lipinski definition) is 2. The van der Waals surface area contributed by atoms with E-state index in [4.69, 9.17) is 0 Å². The molecule has 0 atom stereocenters. The molecule has 5 heteroatoms. The number of carbonyl (C=O) groups excluding carboxylic acids is 1. The maximum absolute atomic E-state index is 11.5. The van der Waals surface area contributed by atoms with Gasteiger partial charge in [-0.2, -0.15) is 13.2 Å². The van der Waals surface area contributed by atoms with Crippen LogP contribution in [0.3, 0.4) is 0 Å². The molecule has 0 heterocycles. The van der Waals surface area contributed by atoms with E-state index in [-0.39, 0.29) is 6.08 Å². The first-order valence-electron chi connectivity index (χ1n) is 2.71. The Morgan fingerprint density at radius 2 is 1.91 bits per heavy atom. The number of rotatable bonds is 1. The fraction of sp³-hybridized carbons (Fsp3) is 0.500. The van der Waals surface area contributed by atoms with Gasteiger partial charge in [0, 0.05) is 11.6 Å². The highest BCUT2D eigenvalue weighted by molar-refractivity contribution is 5.87. The highest BCUT2D eigenvalue weighted by Crippen LogP contribution is 2.18. The third kappa shape index (κ3) is 4.41. The van der Waals surface area contributed by atoms with Gasteiger partial charge in [-0.15, -0.1) is 0 Å².